The van der Waals surface area contributed by atoms with E-state index >= 15 is 0 Å². The third-order valence-corrected chi connectivity index (χ3v) is 2.26. The van der Waals surface area contributed by atoms with E-state index in [9.17, 15) is 0 Å². The van der Waals surface area contributed by atoms with Gasteiger partial charge in [0.05, 0.1) is 17.3 Å². The molecular weight excluding hydrogens is 268 g/mol. The van der Waals surface area contributed by atoms with Crippen molar-refractivity contribution in [2.75, 3.05) is 5.73 Å². The normalized spacial score (nSPS) is 10.5. The van der Waals surface area contributed by atoms with E-state index in [1.807, 2.05) is 13.8 Å². The van der Waals surface area contributed by atoms with E-state index in [4.69, 9.17) is 26.8 Å². The molecule has 0 radical (unpaired) electrons. The Bertz CT molecular complexity index is 577. The van der Waals surface area contributed by atoms with Crippen LogP contribution in [0.4, 0.5) is 5.69 Å². The highest BCUT2D eigenvalue weighted by Crippen LogP contribution is 2.31. The summed E-state index contributed by atoms with van der Waals surface area (Å²) in [5.74, 6) is 0.929. The molecule has 2 rings (SSSR count). The summed E-state index contributed by atoms with van der Waals surface area (Å²) in [7, 11) is 0. The van der Waals surface area contributed by atoms with E-state index in [1.165, 1.54) is 18.7 Å². The Balaban J connectivity index is 2.25. The summed E-state index contributed by atoms with van der Waals surface area (Å²) in [4.78, 5) is 11.8. The maximum Gasteiger partial charge on any atom is 0.249 e. The standard InChI is InChI=1S/C12H13ClN4O2/c1-7(2)18-11-10(14)12(17-6-16-11)19-9-3-8(13)4-15-5-9/h3-7H,14H2,1-2H3. The average molecular weight is 281 g/mol. The van der Waals surface area contributed by atoms with Gasteiger partial charge in [-0.05, 0) is 13.8 Å². The van der Waals surface area contributed by atoms with Crippen LogP contribution >= 0.6 is 11.6 Å². The number of nitrogen functional groups attached to an aromatic ring is 1. The van der Waals surface area contributed by atoms with Crippen LogP contribution in [0.3, 0.4) is 0 Å². The number of hydrogen-bond acceptors (Lipinski definition) is 6. The zero-order valence-corrected chi connectivity index (χ0v) is 11.3. The van der Waals surface area contributed by atoms with Gasteiger partial charge in [0.15, 0.2) is 5.69 Å². The molecule has 0 fully saturated rings. The Morgan fingerprint density at radius 3 is 2.63 bits per heavy atom. The molecule has 0 bridgehead atoms. The molecule has 6 nitrogen and oxygen atoms in total. The quantitative estimate of drug-likeness (QED) is 0.927. The van der Waals surface area contributed by atoms with Gasteiger partial charge in [0.1, 0.15) is 12.1 Å². The van der Waals surface area contributed by atoms with E-state index in [2.05, 4.69) is 15.0 Å². The Kier molecular flexibility index (Phi) is 4.01. The smallest absolute Gasteiger partial charge is 0.249 e. The topological polar surface area (TPSA) is 83.2 Å². The predicted octanol–water partition coefficient (Wildman–Crippen LogP) is 2.69. The van der Waals surface area contributed by atoms with Crippen molar-refractivity contribution in [3.8, 4) is 17.5 Å². The molecule has 2 heterocycles. The van der Waals surface area contributed by atoms with Crippen LogP contribution < -0.4 is 15.2 Å². The van der Waals surface area contributed by atoms with Gasteiger partial charge in [-0.2, -0.15) is 9.97 Å². The van der Waals surface area contributed by atoms with Crippen LogP contribution in [-0.4, -0.2) is 21.1 Å². The Morgan fingerprint density at radius 1 is 1.21 bits per heavy atom. The van der Waals surface area contributed by atoms with Crippen molar-refractivity contribution in [3.63, 3.8) is 0 Å². The summed E-state index contributed by atoms with van der Waals surface area (Å²) in [6, 6.07) is 1.61. The van der Waals surface area contributed by atoms with Gasteiger partial charge >= 0.3 is 0 Å². The fourth-order valence-electron chi connectivity index (χ4n) is 1.32. The van der Waals surface area contributed by atoms with Crippen molar-refractivity contribution in [2.24, 2.45) is 0 Å². The van der Waals surface area contributed by atoms with Gasteiger partial charge < -0.3 is 15.2 Å². The third kappa shape index (κ3) is 3.45. The summed E-state index contributed by atoms with van der Waals surface area (Å²) >= 11 is 5.82. The van der Waals surface area contributed by atoms with Gasteiger partial charge in [-0.3, -0.25) is 4.98 Å². The first-order valence-electron chi connectivity index (χ1n) is 5.62. The number of anilines is 1. The highest BCUT2D eigenvalue weighted by Gasteiger charge is 2.12. The summed E-state index contributed by atoms with van der Waals surface area (Å²) < 4.78 is 11.0. The van der Waals surface area contributed by atoms with Crippen LogP contribution in [-0.2, 0) is 0 Å². The molecule has 7 heteroatoms. The molecule has 0 aliphatic carbocycles. The van der Waals surface area contributed by atoms with Gasteiger partial charge in [-0.25, -0.2) is 0 Å². The second-order valence-corrected chi connectivity index (χ2v) is 4.44. The summed E-state index contributed by atoms with van der Waals surface area (Å²) in [6.07, 6.45) is 4.29. The van der Waals surface area contributed by atoms with E-state index in [-0.39, 0.29) is 23.6 Å². The number of rotatable bonds is 4. The highest BCUT2D eigenvalue weighted by molar-refractivity contribution is 6.30. The first-order chi connectivity index (χ1) is 9.06. The van der Waals surface area contributed by atoms with Gasteiger partial charge in [-0.15, -0.1) is 0 Å². The van der Waals surface area contributed by atoms with E-state index in [0.29, 0.717) is 10.8 Å². The third-order valence-electron chi connectivity index (χ3n) is 2.05. The summed E-state index contributed by atoms with van der Waals surface area (Å²) in [6.45, 7) is 3.76. The lowest BCUT2D eigenvalue weighted by Crippen LogP contribution is -2.10. The Labute approximate surface area is 115 Å². The van der Waals surface area contributed by atoms with Gasteiger partial charge in [-0.1, -0.05) is 11.6 Å². The lowest BCUT2D eigenvalue weighted by molar-refractivity contribution is 0.232. The zero-order valence-electron chi connectivity index (χ0n) is 10.5. The number of pyridine rings is 1. The van der Waals surface area contributed by atoms with Crippen LogP contribution in [0.25, 0.3) is 0 Å². The minimum absolute atomic E-state index is 0.0436. The molecule has 0 spiro atoms. The number of ether oxygens (including phenoxy) is 2. The molecule has 100 valence electrons. The van der Waals surface area contributed by atoms with Crippen molar-refractivity contribution < 1.29 is 9.47 Å². The number of nitrogens with zero attached hydrogens (tertiary/aromatic N) is 3. The maximum atomic E-state index is 5.89. The van der Waals surface area contributed by atoms with E-state index < -0.39 is 0 Å². The van der Waals surface area contributed by atoms with E-state index in [0.717, 1.165) is 0 Å². The molecule has 0 unspecified atom stereocenters. The van der Waals surface area contributed by atoms with Crippen LogP contribution in [0.1, 0.15) is 13.8 Å². The lowest BCUT2D eigenvalue weighted by atomic mass is 10.4. The highest BCUT2D eigenvalue weighted by atomic mass is 35.5. The second kappa shape index (κ2) is 5.71. The minimum atomic E-state index is -0.0436. The van der Waals surface area contributed by atoms with Crippen LogP contribution in [0.5, 0.6) is 17.5 Å². The molecule has 19 heavy (non-hydrogen) atoms. The molecule has 0 aromatic carbocycles. The van der Waals surface area contributed by atoms with E-state index in [1.54, 1.807) is 6.07 Å². The molecule has 0 saturated carbocycles. The molecule has 2 aromatic rings. The molecule has 0 atom stereocenters. The molecule has 2 N–H and O–H groups in total. The Morgan fingerprint density at radius 2 is 1.95 bits per heavy atom. The van der Waals surface area contributed by atoms with Gasteiger partial charge in [0.25, 0.3) is 0 Å². The van der Waals surface area contributed by atoms with Crippen LogP contribution in [0, 0.1) is 0 Å². The largest absolute Gasteiger partial charge is 0.473 e. The van der Waals surface area contributed by atoms with Crippen molar-refractivity contribution in [2.45, 2.75) is 20.0 Å². The molecule has 0 amide bonds. The average Bonchev–Trinajstić information content (AvgIpc) is 2.34. The van der Waals surface area contributed by atoms with Crippen molar-refractivity contribution >= 4 is 17.3 Å². The summed E-state index contributed by atoms with van der Waals surface area (Å²) in [5, 5.41) is 0.462. The minimum Gasteiger partial charge on any atom is -0.473 e. The lowest BCUT2D eigenvalue weighted by Gasteiger charge is -2.12. The van der Waals surface area contributed by atoms with Crippen molar-refractivity contribution in [1.29, 1.82) is 0 Å². The fourth-order valence-corrected chi connectivity index (χ4v) is 1.49. The zero-order chi connectivity index (χ0) is 13.8. The number of aromatic nitrogens is 3. The van der Waals surface area contributed by atoms with Crippen LogP contribution in [0.2, 0.25) is 5.02 Å². The van der Waals surface area contributed by atoms with Gasteiger partial charge in [0.2, 0.25) is 11.8 Å². The maximum absolute atomic E-state index is 5.89. The van der Waals surface area contributed by atoms with Gasteiger partial charge in [0, 0.05) is 12.3 Å². The SMILES string of the molecule is CC(C)Oc1ncnc(Oc2cncc(Cl)c2)c1N. The molecular formula is C12H13ClN4O2. The first-order valence-corrected chi connectivity index (χ1v) is 5.99. The Hall–Kier alpha value is -2.08. The number of halogens is 1. The summed E-state index contributed by atoms with van der Waals surface area (Å²) in [5.41, 5.74) is 6.12. The molecule has 0 saturated heterocycles. The molecule has 0 aliphatic heterocycles. The van der Waals surface area contributed by atoms with Crippen molar-refractivity contribution in [1.82, 2.24) is 15.0 Å². The predicted molar refractivity (Wildman–Crippen MR) is 71.5 cm³/mol. The fraction of sp³-hybridized carbons (Fsp3) is 0.250. The molecule has 0 aliphatic rings. The van der Waals surface area contributed by atoms with Crippen LogP contribution in [0.15, 0.2) is 24.8 Å². The second-order valence-electron chi connectivity index (χ2n) is 4.01. The number of hydrogen-bond donors (Lipinski definition) is 1. The molecule has 2 aromatic heterocycles. The number of nitrogens with two attached hydrogens (primary N) is 1. The van der Waals surface area contributed by atoms with Crippen molar-refractivity contribution in [3.05, 3.63) is 29.8 Å². The monoisotopic (exact) mass is 280 g/mol. The first kappa shape index (κ1) is 13.4.